The zero-order chi connectivity index (χ0) is 14.0. The van der Waals surface area contributed by atoms with E-state index in [1.54, 1.807) is 4.68 Å². The van der Waals surface area contributed by atoms with Crippen LogP contribution in [-0.4, -0.2) is 15.9 Å². The van der Waals surface area contributed by atoms with Crippen molar-refractivity contribution in [3.05, 3.63) is 29.8 Å². The minimum Gasteiger partial charge on any atom is -0.491 e. The molecule has 4 heteroatoms. The van der Waals surface area contributed by atoms with Gasteiger partial charge in [0.25, 0.3) is 0 Å². The number of aromatic nitrogens is 2. The minimum atomic E-state index is 0.162. The summed E-state index contributed by atoms with van der Waals surface area (Å²) < 4.78 is 7.45. The van der Waals surface area contributed by atoms with E-state index in [-0.39, 0.29) is 6.10 Å². The number of aryl methyl sites for hydroxylation is 1. The molecule has 0 fully saturated rings. The number of hydrogen-bond donors (Lipinski definition) is 1. The van der Waals surface area contributed by atoms with E-state index in [1.165, 1.54) is 0 Å². The van der Waals surface area contributed by atoms with E-state index in [1.807, 2.05) is 45.2 Å². The molecule has 0 bridgehead atoms. The molecular formula is C15H21N3O. The Morgan fingerprint density at radius 2 is 2.11 bits per heavy atom. The van der Waals surface area contributed by atoms with Gasteiger partial charge in [0.2, 0.25) is 0 Å². The van der Waals surface area contributed by atoms with Gasteiger partial charge in [-0.15, -0.1) is 0 Å². The van der Waals surface area contributed by atoms with Gasteiger partial charge in [-0.25, -0.2) is 0 Å². The van der Waals surface area contributed by atoms with Gasteiger partial charge in [-0.05, 0) is 32.4 Å². The molecule has 102 valence electrons. The van der Waals surface area contributed by atoms with E-state index in [4.69, 9.17) is 10.5 Å². The summed E-state index contributed by atoms with van der Waals surface area (Å²) in [5, 5.41) is 4.51. The predicted octanol–water partition coefficient (Wildman–Crippen LogP) is 3.02. The Kier molecular flexibility index (Phi) is 3.79. The monoisotopic (exact) mass is 259 g/mol. The highest BCUT2D eigenvalue weighted by molar-refractivity contribution is 5.69. The molecule has 0 saturated carbocycles. The molecule has 0 aliphatic rings. The third-order valence-electron chi connectivity index (χ3n) is 3.03. The number of benzene rings is 1. The highest BCUT2D eigenvalue weighted by Crippen LogP contribution is 2.29. The van der Waals surface area contributed by atoms with Crippen LogP contribution in [0.1, 0.15) is 26.3 Å². The molecule has 0 aliphatic heterocycles. The summed E-state index contributed by atoms with van der Waals surface area (Å²) in [6, 6.07) is 7.99. The van der Waals surface area contributed by atoms with Crippen molar-refractivity contribution in [2.45, 2.75) is 33.3 Å². The smallest absolute Gasteiger partial charge is 0.125 e. The maximum atomic E-state index is 6.04. The number of rotatable bonds is 4. The summed E-state index contributed by atoms with van der Waals surface area (Å²) in [5.41, 5.74) is 9.11. The van der Waals surface area contributed by atoms with Gasteiger partial charge in [-0.1, -0.05) is 19.1 Å². The van der Waals surface area contributed by atoms with Gasteiger partial charge in [0.1, 0.15) is 11.6 Å². The zero-order valence-electron chi connectivity index (χ0n) is 12.0. The van der Waals surface area contributed by atoms with Crippen molar-refractivity contribution < 1.29 is 4.74 Å². The topological polar surface area (TPSA) is 53.1 Å². The highest BCUT2D eigenvalue weighted by atomic mass is 16.5. The second-order valence-electron chi connectivity index (χ2n) is 4.88. The molecule has 2 rings (SSSR count). The Hall–Kier alpha value is -1.97. The first-order valence-corrected chi connectivity index (χ1v) is 6.61. The van der Waals surface area contributed by atoms with Crippen LogP contribution in [0.5, 0.6) is 5.75 Å². The van der Waals surface area contributed by atoms with Crippen molar-refractivity contribution in [1.82, 2.24) is 9.78 Å². The molecule has 0 aliphatic carbocycles. The van der Waals surface area contributed by atoms with E-state index in [0.717, 1.165) is 34.8 Å². The fourth-order valence-corrected chi connectivity index (χ4v) is 2.15. The van der Waals surface area contributed by atoms with Gasteiger partial charge in [0.05, 0.1) is 11.8 Å². The highest BCUT2D eigenvalue weighted by Gasteiger charge is 2.14. The van der Waals surface area contributed by atoms with Crippen molar-refractivity contribution in [3.63, 3.8) is 0 Å². The number of nitrogens with two attached hydrogens (primary N) is 1. The van der Waals surface area contributed by atoms with E-state index in [0.29, 0.717) is 0 Å². The second-order valence-corrected chi connectivity index (χ2v) is 4.88. The zero-order valence-corrected chi connectivity index (χ0v) is 12.0. The van der Waals surface area contributed by atoms with Crippen LogP contribution in [0.15, 0.2) is 24.3 Å². The number of anilines is 1. The van der Waals surface area contributed by atoms with Crippen LogP contribution in [0.2, 0.25) is 0 Å². The van der Waals surface area contributed by atoms with E-state index in [9.17, 15) is 0 Å². The predicted molar refractivity (Wildman–Crippen MR) is 78.2 cm³/mol. The lowest BCUT2D eigenvalue weighted by atomic mass is 10.1. The lowest BCUT2D eigenvalue weighted by Gasteiger charge is -2.10. The molecule has 4 nitrogen and oxygen atoms in total. The molecule has 0 radical (unpaired) electrons. The van der Waals surface area contributed by atoms with Gasteiger partial charge < -0.3 is 10.5 Å². The van der Waals surface area contributed by atoms with Gasteiger partial charge in [0.15, 0.2) is 0 Å². The number of ether oxygens (including phenoxy) is 1. The number of nitrogens with zero attached hydrogens (tertiary/aromatic N) is 2. The van der Waals surface area contributed by atoms with Crippen molar-refractivity contribution in [2.75, 3.05) is 5.73 Å². The van der Waals surface area contributed by atoms with Gasteiger partial charge >= 0.3 is 0 Å². The van der Waals surface area contributed by atoms with Gasteiger partial charge in [-0.2, -0.15) is 5.10 Å². The molecule has 0 amide bonds. The van der Waals surface area contributed by atoms with Crippen molar-refractivity contribution >= 4 is 5.82 Å². The van der Waals surface area contributed by atoms with Crippen LogP contribution in [0.25, 0.3) is 11.3 Å². The Labute approximate surface area is 114 Å². The van der Waals surface area contributed by atoms with Crippen molar-refractivity contribution in [2.24, 2.45) is 7.05 Å². The molecule has 0 atom stereocenters. The largest absolute Gasteiger partial charge is 0.491 e. The molecule has 0 saturated heterocycles. The summed E-state index contributed by atoms with van der Waals surface area (Å²) in [5.74, 6) is 1.59. The van der Waals surface area contributed by atoms with Crippen LogP contribution in [0, 0.1) is 0 Å². The van der Waals surface area contributed by atoms with Crippen LogP contribution < -0.4 is 10.5 Å². The maximum Gasteiger partial charge on any atom is 0.125 e. The fourth-order valence-electron chi connectivity index (χ4n) is 2.15. The van der Waals surface area contributed by atoms with Gasteiger partial charge in [-0.3, -0.25) is 4.68 Å². The van der Waals surface area contributed by atoms with E-state index >= 15 is 0 Å². The van der Waals surface area contributed by atoms with E-state index in [2.05, 4.69) is 12.0 Å². The van der Waals surface area contributed by atoms with Crippen LogP contribution in [0.4, 0.5) is 5.82 Å². The lowest BCUT2D eigenvalue weighted by molar-refractivity contribution is 0.242. The molecule has 0 unspecified atom stereocenters. The number of hydrogen-bond acceptors (Lipinski definition) is 3. The summed E-state index contributed by atoms with van der Waals surface area (Å²) >= 11 is 0. The lowest BCUT2D eigenvalue weighted by Crippen LogP contribution is -2.05. The first-order valence-electron chi connectivity index (χ1n) is 6.61. The van der Waals surface area contributed by atoms with Gasteiger partial charge in [0, 0.05) is 18.2 Å². The van der Waals surface area contributed by atoms with Crippen molar-refractivity contribution in [1.29, 1.82) is 0 Å². The Bertz CT molecular complexity index is 573. The molecular weight excluding hydrogens is 238 g/mol. The Morgan fingerprint density at radius 1 is 1.37 bits per heavy atom. The summed E-state index contributed by atoms with van der Waals surface area (Å²) in [4.78, 5) is 0. The second kappa shape index (κ2) is 5.34. The molecule has 19 heavy (non-hydrogen) atoms. The SMILES string of the molecule is CCc1c(-c2cccc(OC(C)C)c2)nn(C)c1N. The summed E-state index contributed by atoms with van der Waals surface area (Å²) in [7, 11) is 1.87. The quantitative estimate of drug-likeness (QED) is 0.918. The molecule has 1 heterocycles. The average molecular weight is 259 g/mol. The van der Waals surface area contributed by atoms with Crippen LogP contribution in [-0.2, 0) is 13.5 Å². The molecule has 1 aromatic heterocycles. The van der Waals surface area contributed by atoms with E-state index < -0.39 is 0 Å². The third-order valence-corrected chi connectivity index (χ3v) is 3.03. The molecule has 2 aromatic rings. The standard InChI is InChI=1S/C15H21N3O/c1-5-13-14(17-18(4)15(13)16)11-7-6-8-12(9-11)19-10(2)3/h6-10H,5,16H2,1-4H3. The first kappa shape index (κ1) is 13.5. The summed E-state index contributed by atoms with van der Waals surface area (Å²) in [6.45, 7) is 6.12. The van der Waals surface area contributed by atoms with Crippen molar-refractivity contribution in [3.8, 4) is 17.0 Å². The normalized spacial score (nSPS) is 11.0. The molecule has 1 aromatic carbocycles. The Morgan fingerprint density at radius 3 is 2.74 bits per heavy atom. The third kappa shape index (κ3) is 2.72. The fraction of sp³-hybridized carbons (Fsp3) is 0.400. The maximum absolute atomic E-state index is 6.04. The Balaban J connectivity index is 2.44. The number of nitrogen functional groups attached to an aromatic ring is 1. The molecule has 0 spiro atoms. The first-order chi connectivity index (χ1) is 9.02. The summed E-state index contributed by atoms with van der Waals surface area (Å²) in [6.07, 6.45) is 1.03. The van der Waals surface area contributed by atoms with Crippen LogP contribution >= 0.6 is 0 Å². The van der Waals surface area contributed by atoms with Crippen LogP contribution in [0.3, 0.4) is 0 Å². The minimum absolute atomic E-state index is 0.162. The molecule has 2 N–H and O–H groups in total. The average Bonchev–Trinajstić information content (AvgIpc) is 2.65.